The Balaban J connectivity index is 1.78. The second-order valence-corrected chi connectivity index (χ2v) is 7.76. The Morgan fingerprint density at radius 1 is 1.27 bits per heavy atom. The van der Waals surface area contributed by atoms with Gasteiger partial charge in [0.05, 0.1) is 11.1 Å². The standard InChI is InChI=1S/C19H21N3O2S2/c1-3-13(4-2)20-15(23)11-26-19-21-17(24)16-14(10-25-18(16)22-19)12-8-6-5-7-9-12/h5-10,13H,3-4,11H2,1-2H3,(H,20,23)(H,21,22,24). The predicted molar refractivity (Wildman–Crippen MR) is 109 cm³/mol. The van der Waals surface area contributed by atoms with Gasteiger partial charge in [0.1, 0.15) is 4.83 Å². The normalized spacial score (nSPS) is 11.2. The van der Waals surface area contributed by atoms with Gasteiger partial charge in [0.15, 0.2) is 5.16 Å². The fourth-order valence-electron chi connectivity index (χ4n) is 2.72. The third-order valence-electron chi connectivity index (χ3n) is 4.20. The topological polar surface area (TPSA) is 74.8 Å². The number of amides is 1. The highest BCUT2D eigenvalue weighted by atomic mass is 32.2. The maximum absolute atomic E-state index is 12.6. The summed E-state index contributed by atoms with van der Waals surface area (Å²) in [5.74, 6) is 0.199. The Labute approximate surface area is 160 Å². The van der Waals surface area contributed by atoms with Crippen molar-refractivity contribution < 1.29 is 4.79 Å². The number of carbonyl (C=O) groups is 1. The Morgan fingerprint density at radius 3 is 2.69 bits per heavy atom. The van der Waals surface area contributed by atoms with Crippen molar-refractivity contribution in [1.82, 2.24) is 15.3 Å². The predicted octanol–water partition coefficient (Wildman–Crippen LogP) is 4.05. The lowest BCUT2D eigenvalue weighted by atomic mass is 10.1. The van der Waals surface area contributed by atoms with Crippen LogP contribution in [0.4, 0.5) is 0 Å². The first-order chi connectivity index (χ1) is 12.6. The number of nitrogens with one attached hydrogen (secondary N) is 2. The number of hydrogen-bond donors (Lipinski definition) is 2. The minimum atomic E-state index is -0.169. The molecule has 0 aliphatic rings. The number of thioether (sulfide) groups is 1. The molecule has 0 radical (unpaired) electrons. The number of aromatic nitrogens is 2. The van der Waals surface area contributed by atoms with Gasteiger partial charge in [0, 0.05) is 17.0 Å². The lowest BCUT2D eigenvalue weighted by Gasteiger charge is -2.14. The fourth-order valence-corrected chi connectivity index (χ4v) is 4.40. The number of thiophene rings is 1. The molecule has 1 amide bonds. The average Bonchev–Trinajstić information content (AvgIpc) is 3.09. The number of hydrogen-bond acceptors (Lipinski definition) is 5. The number of aromatic amines is 1. The van der Waals surface area contributed by atoms with E-state index in [9.17, 15) is 9.59 Å². The van der Waals surface area contributed by atoms with E-state index in [0.717, 1.165) is 24.0 Å². The third kappa shape index (κ3) is 4.16. The molecule has 5 nitrogen and oxygen atoms in total. The quantitative estimate of drug-likeness (QED) is 0.474. The number of nitrogens with zero attached hydrogens (tertiary/aromatic N) is 1. The molecule has 26 heavy (non-hydrogen) atoms. The van der Waals surface area contributed by atoms with Crippen LogP contribution in [0.3, 0.4) is 0 Å². The zero-order valence-electron chi connectivity index (χ0n) is 14.7. The summed E-state index contributed by atoms with van der Waals surface area (Å²) < 4.78 is 0. The number of H-pyrrole nitrogens is 1. The molecule has 0 bridgehead atoms. The van der Waals surface area contributed by atoms with E-state index in [0.29, 0.717) is 15.4 Å². The van der Waals surface area contributed by atoms with E-state index >= 15 is 0 Å². The first-order valence-corrected chi connectivity index (χ1v) is 10.5. The number of rotatable bonds is 7. The summed E-state index contributed by atoms with van der Waals surface area (Å²) in [4.78, 5) is 32.6. The number of fused-ring (bicyclic) bond motifs is 1. The van der Waals surface area contributed by atoms with Crippen molar-refractivity contribution in [2.75, 3.05) is 5.75 Å². The average molecular weight is 388 g/mol. The third-order valence-corrected chi connectivity index (χ3v) is 5.94. The van der Waals surface area contributed by atoms with Crippen molar-refractivity contribution in [2.24, 2.45) is 0 Å². The molecule has 136 valence electrons. The van der Waals surface area contributed by atoms with Gasteiger partial charge in [-0.25, -0.2) is 4.98 Å². The van der Waals surface area contributed by atoms with Crippen molar-refractivity contribution in [3.8, 4) is 11.1 Å². The van der Waals surface area contributed by atoms with Crippen molar-refractivity contribution in [2.45, 2.75) is 37.9 Å². The van der Waals surface area contributed by atoms with Crippen LogP contribution in [0.15, 0.2) is 45.7 Å². The van der Waals surface area contributed by atoms with E-state index in [2.05, 4.69) is 29.1 Å². The minimum absolute atomic E-state index is 0.0393. The molecule has 0 fully saturated rings. The van der Waals surface area contributed by atoms with E-state index in [1.165, 1.54) is 23.1 Å². The van der Waals surface area contributed by atoms with Gasteiger partial charge in [-0.3, -0.25) is 9.59 Å². The SMILES string of the molecule is CCC(CC)NC(=O)CSc1nc2scc(-c3ccccc3)c2c(=O)[nH]1. The van der Waals surface area contributed by atoms with E-state index < -0.39 is 0 Å². The Bertz CT molecular complexity index is 946. The summed E-state index contributed by atoms with van der Waals surface area (Å²) in [6.07, 6.45) is 1.82. The molecule has 1 aromatic carbocycles. The van der Waals surface area contributed by atoms with Crippen LogP contribution in [0.2, 0.25) is 0 Å². The van der Waals surface area contributed by atoms with Crippen molar-refractivity contribution in [1.29, 1.82) is 0 Å². The zero-order valence-corrected chi connectivity index (χ0v) is 16.4. The van der Waals surface area contributed by atoms with Gasteiger partial charge < -0.3 is 10.3 Å². The molecule has 2 heterocycles. The molecule has 3 rings (SSSR count). The molecule has 0 spiro atoms. The van der Waals surface area contributed by atoms with Gasteiger partial charge >= 0.3 is 0 Å². The van der Waals surface area contributed by atoms with Crippen LogP contribution < -0.4 is 10.9 Å². The number of carbonyl (C=O) groups excluding carboxylic acids is 1. The molecule has 7 heteroatoms. The maximum atomic E-state index is 12.6. The van der Waals surface area contributed by atoms with Gasteiger partial charge in [-0.15, -0.1) is 11.3 Å². The Hall–Kier alpha value is -2.12. The first-order valence-electron chi connectivity index (χ1n) is 8.61. The molecule has 2 aromatic heterocycles. The van der Waals surface area contributed by atoms with E-state index in [1.807, 2.05) is 35.7 Å². The van der Waals surface area contributed by atoms with Crippen LogP contribution in [0, 0.1) is 0 Å². The molecular formula is C19H21N3O2S2. The number of benzene rings is 1. The van der Waals surface area contributed by atoms with Gasteiger partial charge in [0.2, 0.25) is 5.91 Å². The minimum Gasteiger partial charge on any atom is -0.353 e. The van der Waals surface area contributed by atoms with Gasteiger partial charge in [-0.1, -0.05) is 55.9 Å². The largest absolute Gasteiger partial charge is 0.353 e. The summed E-state index contributed by atoms with van der Waals surface area (Å²) in [6, 6.07) is 10.00. The Kier molecular flexibility index (Phi) is 6.11. The zero-order chi connectivity index (χ0) is 18.5. The highest BCUT2D eigenvalue weighted by Gasteiger charge is 2.14. The van der Waals surface area contributed by atoms with Gasteiger partial charge in [-0.2, -0.15) is 0 Å². The second kappa shape index (κ2) is 8.51. The maximum Gasteiger partial charge on any atom is 0.260 e. The van der Waals surface area contributed by atoms with Gasteiger partial charge in [0.25, 0.3) is 5.56 Å². The van der Waals surface area contributed by atoms with E-state index in [-0.39, 0.29) is 23.3 Å². The molecule has 0 unspecified atom stereocenters. The van der Waals surface area contributed by atoms with Crippen LogP contribution in [-0.2, 0) is 4.79 Å². The molecule has 0 aliphatic heterocycles. The monoisotopic (exact) mass is 387 g/mol. The van der Waals surface area contributed by atoms with Crippen LogP contribution in [0.1, 0.15) is 26.7 Å². The highest BCUT2D eigenvalue weighted by Crippen LogP contribution is 2.31. The summed E-state index contributed by atoms with van der Waals surface area (Å²) in [7, 11) is 0. The second-order valence-electron chi connectivity index (χ2n) is 5.94. The lowest BCUT2D eigenvalue weighted by molar-refractivity contribution is -0.119. The van der Waals surface area contributed by atoms with E-state index in [1.54, 1.807) is 0 Å². The highest BCUT2D eigenvalue weighted by molar-refractivity contribution is 7.99. The van der Waals surface area contributed by atoms with Crippen molar-refractivity contribution in [3.63, 3.8) is 0 Å². The molecule has 0 saturated carbocycles. The van der Waals surface area contributed by atoms with Gasteiger partial charge in [-0.05, 0) is 18.4 Å². The van der Waals surface area contributed by atoms with Crippen LogP contribution in [-0.4, -0.2) is 27.7 Å². The first kappa shape index (κ1) is 18.7. The molecule has 0 atom stereocenters. The van der Waals surface area contributed by atoms with Crippen LogP contribution in [0.5, 0.6) is 0 Å². The molecule has 3 aromatic rings. The summed E-state index contributed by atoms with van der Waals surface area (Å²) in [5.41, 5.74) is 1.72. The summed E-state index contributed by atoms with van der Waals surface area (Å²) in [6.45, 7) is 4.10. The fraction of sp³-hybridized carbons (Fsp3) is 0.316. The van der Waals surface area contributed by atoms with Crippen molar-refractivity contribution >= 4 is 39.2 Å². The Morgan fingerprint density at radius 2 is 2.00 bits per heavy atom. The van der Waals surface area contributed by atoms with Crippen LogP contribution in [0.25, 0.3) is 21.3 Å². The summed E-state index contributed by atoms with van der Waals surface area (Å²) in [5, 5.41) is 6.02. The summed E-state index contributed by atoms with van der Waals surface area (Å²) >= 11 is 2.70. The van der Waals surface area contributed by atoms with Crippen LogP contribution >= 0.6 is 23.1 Å². The molecule has 2 N–H and O–H groups in total. The molecule has 0 aliphatic carbocycles. The molecule has 0 saturated heterocycles. The van der Waals surface area contributed by atoms with E-state index in [4.69, 9.17) is 0 Å². The van der Waals surface area contributed by atoms with Crippen molar-refractivity contribution in [3.05, 3.63) is 46.1 Å². The lowest BCUT2D eigenvalue weighted by Crippen LogP contribution is -2.35. The molecular weight excluding hydrogens is 366 g/mol. The smallest absolute Gasteiger partial charge is 0.260 e.